The Morgan fingerprint density at radius 3 is 2.42 bits per heavy atom. The molecule has 1 aliphatic carbocycles. The first-order valence-corrected chi connectivity index (χ1v) is 8.45. The zero-order valence-corrected chi connectivity index (χ0v) is 13.7. The van der Waals surface area contributed by atoms with Gasteiger partial charge in [0.25, 0.3) is 0 Å². The molecule has 2 heteroatoms. The Labute approximate surface area is 120 Å². The molecule has 0 aromatic carbocycles. The van der Waals surface area contributed by atoms with E-state index in [0.29, 0.717) is 0 Å². The third-order valence-corrected chi connectivity index (χ3v) is 5.71. The first kappa shape index (κ1) is 15.3. The first-order chi connectivity index (χ1) is 8.99. The third kappa shape index (κ3) is 3.72. The summed E-state index contributed by atoms with van der Waals surface area (Å²) in [7, 11) is 2.27. The van der Waals surface area contributed by atoms with E-state index in [1.165, 1.54) is 38.6 Å². The molecular formula is C17H34N2. The van der Waals surface area contributed by atoms with Gasteiger partial charge in [0.15, 0.2) is 0 Å². The second-order valence-corrected chi connectivity index (χ2v) is 7.57. The molecule has 1 saturated heterocycles. The van der Waals surface area contributed by atoms with Gasteiger partial charge in [0.1, 0.15) is 0 Å². The number of nitrogens with zero attached hydrogens (tertiary/aromatic N) is 1. The number of piperidine rings is 1. The molecule has 2 fully saturated rings. The molecule has 0 spiro atoms. The van der Waals surface area contributed by atoms with Crippen LogP contribution in [0.25, 0.3) is 0 Å². The van der Waals surface area contributed by atoms with Crippen LogP contribution in [-0.4, -0.2) is 36.6 Å². The van der Waals surface area contributed by atoms with Crippen LogP contribution < -0.4 is 5.32 Å². The first-order valence-electron chi connectivity index (χ1n) is 8.45. The quantitative estimate of drug-likeness (QED) is 0.841. The molecule has 0 aromatic heterocycles. The minimum absolute atomic E-state index is 0.731. The van der Waals surface area contributed by atoms with E-state index in [4.69, 9.17) is 0 Å². The Morgan fingerprint density at radius 1 is 1.05 bits per heavy atom. The van der Waals surface area contributed by atoms with Gasteiger partial charge in [0.2, 0.25) is 0 Å². The van der Waals surface area contributed by atoms with Crippen LogP contribution in [0.5, 0.6) is 0 Å². The van der Waals surface area contributed by atoms with Gasteiger partial charge in [-0.2, -0.15) is 0 Å². The van der Waals surface area contributed by atoms with Crippen molar-refractivity contribution in [2.24, 2.45) is 17.8 Å². The zero-order chi connectivity index (χ0) is 14.0. The molecule has 1 saturated carbocycles. The molecule has 1 heterocycles. The second-order valence-electron chi connectivity index (χ2n) is 7.57. The number of hydrogen-bond donors (Lipinski definition) is 1. The van der Waals surface area contributed by atoms with Gasteiger partial charge in [-0.3, -0.25) is 0 Å². The van der Waals surface area contributed by atoms with Crippen LogP contribution in [0.2, 0.25) is 0 Å². The molecule has 1 N–H and O–H groups in total. The molecule has 5 unspecified atom stereocenters. The van der Waals surface area contributed by atoms with Crippen molar-refractivity contribution in [3.63, 3.8) is 0 Å². The molecule has 2 aliphatic rings. The molecule has 1 aliphatic heterocycles. The van der Waals surface area contributed by atoms with E-state index >= 15 is 0 Å². The van der Waals surface area contributed by atoms with Crippen LogP contribution in [-0.2, 0) is 0 Å². The van der Waals surface area contributed by atoms with Gasteiger partial charge in [-0.25, -0.2) is 0 Å². The van der Waals surface area contributed by atoms with Crippen molar-refractivity contribution < 1.29 is 0 Å². The third-order valence-electron chi connectivity index (χ3n) is 5.71. The van der Waals surface area contributed by atoms with Gasteiger partial charge >= 0.3 is 0 Å². The van der Waals surface area contributed by atoms with Gasteiger partial charge in [-0.15, -0.1) is 0 Å². The maximum atomic E-state index is 4.06. The summed E-state index contributed by atoms with van der Waals surface area (Å²) in [5.74, 6) is 2.52. The number of likely N-dealkylation sites (tertiary alicyclic amines) is 1. The molecule has 2 nitrogen and oxygen atoms in total. The van der Waals surface area contributed by atoms with Crippen LogP contribution in [0, 0.1) is 17.8 Å². The summed E-state index contributed by atoms with van der Waals surface area (Å²) in [6.45, 7) is 10.9. The SMILES string of the molecule is CC(C)C1CCCCC1NC1CC(C)N(C)CC1C. The summed E-state index contributed by atoms with van der Waals surface area (Å²) in [4.78, 5) is 2.52. The van der Waals surface area contributed by atoms with Crippen molar-refractivity contribution in [1.29, 1.82) is 0 Å². The van der Waals surface area contributed by atoms with E-state index in [1.807, 2.05) is 0 Å². The van der Waals surface area contributed by atoms with Crippen LogP contribution in [0.1, 0.15) is 59.8 Å². The summed E-state index contributed by atoms with van der Waals surface area (Å²) < 4.78 is 0. The molecule has 0 amide bonds. The second kappa shape index (κ2) is 6.58. The molecule has 2 rings (SSSR count). The summed E-state index contributed by atoms with van der Waals surface area (Å²) in [5.41, 5.74) is 0. The van der Waals surface area contributed by atoms with Crippen molar-refractivity contribution in [3.8, 4) is 0 Å². The van der Waals surface area contributed by atoms with Crippen molar-refractivity contribution in [1.82, 2.24) is 10.2 Å². The molecule has 5 atom stereocenters. The van der Waals surface area contributed by atoms with Gasteiger partial charge in [-0.05, 0) is 51.0 Å². The highest BCUT2D eigenvalue weighted by Crippen LogP contribution is 2.32. The summed E-state index contributed by atoms with van der Waals surface area (Å²) in [5, 5.41) is 4.06. The van der Waals surface area contributed by atoms with Crippen molar-refractivity contribution in [3.05, 3.63) is 0 Å². The van der Waals surface area contributed by atoms with Gasteiger partial charge < -0.3 is 10.2 Å². The Balaban J connectivity index is 1.94. The number of rotatable bonds is 3. The molecule has 0 bridgehead atoms. The minimum Gasteiger partial charge on any atom is -0.311 e. The normalized spacial score (nSPS) is 41.7. The van der Waals surface area contributed by atoms with E-state index < -0.39 is 0 Å². The lowest BCUT2D eigenvalue weighted by Gasteiger charge is -2.44. The average Bonchev–Trinajstić information content (AvgIpc) is 2.36. The fraction of sp³-hybridized carbons (Fsp3) is 1.00. The highest BCUT2D eigenvalue weighted by Gasteiger charge is 2.34. The fourth-order valence-electron chi connectivity index (χ4n) is 4.21. The highest BCUT2D eigenvalue weighted by molar-refractivity contribution is 4.91. The summed E-state index contributed by atoms with van der Waals surface area (Å²) in [6.07, 6.45) is 7.03. The standard InChI is InChI=1S/C17H34N2/c1-12(2)15-8-6-7-9-16(15)18-17-10-14(4)19(5)11-13(17)3/h12-18H,6-11H2,1-5H3. The summed E-state index contributed by atoms with van der Waals surface area (Å²) >= 11 is 0. The van der Waals surface area contributed by atoms with E-state index in [-0.39, 0.29) is 0 Å². The maximum Gasteiger partial charge on any atom is 0.0122 e. The van der Waals surface area contributed by atoms with Crippen LogP contribution in [0.3, 0.4) is 0 Å². The maximum absolute atomic E-state index is 4.06. The number of nitrogens with one attached hydrogen (secondary N) is 1. The van der Waals surface area contributed by atoms with E-state index in [0.717, 1.165) is 35.9 Å². The van der Waals surface area contributed by atoms with Crippen molar-refractivity contribution in [2.45, 2.75) is 77.9 Å². The van der Waals surface area contributed by atoms with Gasteiger partial charge in [0.05, 0.1) is 0 Å². The molecule has 19 heavy (non-hydrogen) atoms. The Bertz CT molecular complexity index is 276. The smallest absolute Gasteiger partial charge is 0.0122 e. The fourth-order valence-corrected chi connectivity index (χ4v) is 4.21. The van der Waals surface area contributed by atoms with E-state index in [9.17, 15) is 0 Å². The average molecular weight is 266 g/mol. The van der Waals surface area contributed by atoms with Crippen LogP contribution in [0.4, 0.5) is 0 Å². The predicted octanol–water partition coefficient (Wildman–Crippen LogP) is 3.52. The highest BCUT2D eigenvalue weighted by atomic mass is 15.2. The predicted molar refractivity (Wildman–Crippen MR) is 83.4 cm³/mol. The van der Waals surface area contributed by atoms with Crippen LogP contribution >= 0.6 is 0 Å². The Hall–Kier alpha value is -0.0800. The monoisotopic (exact) mass is 266 g/mol. The lowest BCUT2D eigenvalue weighted by molar-refractivity contribution is 0.0954. The molecular weight excluding hydrogens is 232 g/mol. The Kier molecular flexibility index (Phi) is 5.30. The summed E-state index contributed by atoms with van der Waals surface area (Å²) in [6, 6.07) is 2.24. The van der Waals surface area contributed by atoms with Gasteiger partial charge in [0, 0.05) is 24.7 Å². The Morgan fingerprint density at radius 2 is 1.74 bits per heavy atom. The molecule has 0 radical (unpaired) electrons. The molecule has 0 aromatic rings. The lowest BCUT2D eigenvalue weighted by Crippen LogP contribution is -2.55. The van der Waals surface area contributed by atoms with Crippen molar-refractivity contribution in [2.75, 3.05) is 13.6 Å². The largest absolute Gasteiger partial charge is 0.311 e. The lowest BCUT2D eigenvalue weighted by atomic mass is 9.76. The van der Waals surface area contributed by atoms with Crippen molar-refractivity contribution >= 4 is 0 Å². The zero-order valence-electron chi connectivity index (χ0n) is 13.7. The van der Waals surface area contributed by atoms with Crippen LogP contribution in [0.15, 0.2) is 0 Å². The van der Waals surface area contributed by atoms with E-state index in [2.05, 4.69) is 45.0 Å². The topological polar surface area (TPSA) is 15.3 Å². The molecule has 112 valence electrons. The van der Waals surface area contributed by atoms with E-state index in [1.54, 1.807) is 0 Å². The minimum atomic E-state index is 0.731. The van der Waals surface area contributed by atoms with Gasteiger partial charge in [-0.1, -0.05) is 33.6 Å². The number of hydrogen-bond acceptors (Lipinski definition) is 2.